The Bertz CT molecular complexity index is 899. The summed E-state index contributed by atoms with van der Waals surface area (Å²) >= 11 is 0. The van der Waals surface area contributed by atoms with Crippen molar-refractivity contribution in [2.45, 2.75) is 32.6 Å². The van der Waals surface area contributed by atoms with Crippen molar-refractivity contribution >= 4 is 27.6 Å². The molecule has 1 aliphatic rings. The van der Waals surface area contributed by atoms with Crippen molar-refractivity contribution < 1.29 is 0 Å². The lowest BCUT2D eigenvalue weighted by atomic mass is 9.81. The number of hydrogen-bond acceptors (Lipinski definition) is 0. The number of rotatable bonds is 1. The molecule has 0 saturated heterocycles. The molecule has 1 aliphatic carbocycles. The fraction of sp³-hybridized carbons (Fsp3) is 0.238. The molecule has 0 saturated carbocycles. The molecule has 4 rings (SSSR count). The third kappa shape index (κ3) is 1.68. The van der Waals surface area contributed by atoms with E-state index in [9.17, 15) is 0 Å². The Morgan fingerprint density at radius 1 is 0.905 bits per heavy atom. The van der Waals surface area contributed by atoms with Crippen LogP contribution < -0.4 is 0 Å². The lowest BCUT2D eigenvalue weighted by Crippen LogP contribution is -2.15. The minimum absolute atomic E-state index is 0.199. The van der Waals surface area contributed by atoms with Gasteiger partial charge in [0.1, 0.15) is 0 Å². The maximum Gasteiger partial charge on any atom is 0.0110 e. The molecule has 3 aromatic carbocycles. The summed E-state index contributed by atoms with van der Waals surface area (Å²) < 4.78 is 0. The van der Waals surface area contributed by atoms with E-state index in [0.29, 0.717) is 0 Å². The van der Waals surface area contributed by atoms with E-state index in [2.05, 4.69) is 75.4 Å². The second kappa shape index (κ2) is 4.21. The van der Waals surface area contributed by atoms with E-state index in [1.165, 1.54) is 38.2 Å². The molecular formula is C21H20. The van der Waals surface area contributed by atoms with E-state index in [0.717, 1.165) is 6.42 Å². The van der Waals surface area contributed by atoms with Crippen LogP contribution >= 0.6 is 0 Å². The van der Waals surface area contributed by atoms with Crippen LogP contribution in [0.3, 0.4) is 0 Å². The highest BCUT2D eigenvalue weighted by Crippen LogP contribution is 2.42. The van der Waals surface area contributed by atoms with Crippen molar-refractivity contribution in [3.05, 3.63) is 65.2 Å². The Hall–Kier alpha value is -2.08. The molecule has 0 heterocycles. The van der Waals surface area contributed by atoms with Crippen molar-refractivity contribution in [3.8, 4) is 0 Å². The van der Waals surface area contributed by atoms with Crippen LogP contribution in [0.2, 0.25) is 0 Å². The van der Waals surface area contributed by atoms with Gasteiger partial charge in [0.15, 0.2) is 0 Å². The summed E-state index contributed by atoms with van der Waals surface area (Å²) in [6, 6.07) is 15.9. The van der Waals surface area contributed by atoms with Crippen LogP contribution in [0, 0.1) is 6.92 Å². The van der Waals surface area contributed by atoms with E-state index >= 15 is 0 Å². The highest BCUT2D eigenvalue weighted by molar-refractivity contribution is 6.11. The molecule has 0 nitrogen and oxygen atoms in total. The quantitative estimate of drug-likeness (QED) is 0.477. The third-order valence-electron chi connectivity index (χ3n) is 5.18. The van der Waals surface area contributed by atoms with Gasteiger partial charge in [0.25, 0.3) is 0 Å². The summed E-state index contributed by atoms with van der Waals surface area (Å²) in [5.41, 5.74) is 4.42. The molecule has 1 atom stereocenters. The molecule has 0 fully saturated rings. The Morgan fingerprint density at radius 3 is 2.48 bits per heavy atom. The number of fused-ring (bicyclic) bond motifs is 5. The van der Waals surface area contributed by atoms with Gasteiger partial charge in [-0.1, -0.05) is 74.0 Å². The predicted molar refractivity (Wildman–Crippen MR) is 92.9 cm³/mol. The molecule has 0 N–H and O–H groups in total. The average molecular weight is 272 g/mol. The van der Waals surface area contributed by atoms with Crippen molar-refractivity contribution in [1.82, 2.24) is 0 Å². The topological polar surface area (TPSA) is 0 Å². The van der Waals surface area contributed by atoms with Crippen molar-refractivity contribution in [2.24, 2.45) is 0 Å². The van der Waals surface area contributed by atoms with Crippen molar-refractivity contribution in [2.75, 3.05) is 0 Å². The fourth-order valence-corrected chi connectivity index (χ4v) is 3.62. The van der Waals surface area contributed by atoms with Gasteiger partial charge >= 0.3 is 0 Å². The van der Waals surface area contributed by atoms with Gasteiger partial charge in [-0.05, 0) is 46.0 Å². The van der Waals surface area contributed by atoms with Crippen LogP contribution in [0.5, 0.6) is 0 Å². The Labute approximate surface area is 126 Å². The summed E-state index contributed by atoms with van der Waals surface area (Å²) in [6.07, 6.45) is 5.84. The Kier molecular flexibility index (Phi) is 2.53. The van der Waals surface area contributed by atoms with Crippen LogP contribution in [0.1, 0.15) is 37.0 Å². The van der Waals surface area contributed by atoms with Crippen LogP contribution in [0.25, 0.3) is 27.6 Å². The standard InChI is InChI=1S/C21H20/c1-4-21(3)12-11-18-16-8-7-15-6-5-14(2)13-19(15)17(16)9-10-20(18)21/h5-13H,4H2,1-3H3/t21-/m1/s1. The van der Waals surface area contributed by atoms with Crippen molar-refractivity contribution in [1.29, 1.82) is 0 Å². The van der Waals surface area contributed by atoms with Gasteiger partial charge < -0.3 is 0 Å². The Balaban J connectivity index is 2.12. The van der Waals surface area contributed by atoms with Gasteiger partial charge in [0.2, 0.25) is 0 Å². The molecule has 0 radical (unpaired) electrons. The maximum atomic E-state index is 2.37. The first kappa shape index (κ1) is 12.6. The zero-order valence-electron chi connectivity index (χ0n) is 12.9. The van der Waals surface area contributed by atoms with E-state index in [-0.39, 0.29) is 5.41 Å². The maximum absolute atomic E-state index is 2.37. The second-order valence-electron chi connectivity index (χ2n) is 6.52. The largest absolute Gasteiger partial charge is 0.0736 e. The smallest absolute Gasteiger partial charge is 0.0110 e. The van der Waals surface area contributed by atoms with Gasteiger partial charge in [-0.15, -0.1) is 0 Å². The third-order valence-corrected chi connectivity index (χ3v) is 5.18. The minimum atomic E-state index is 0.199. The molecule has 21 heavy (non-hydrogen) atoms. The molecular weight excluding hydrogens is 252 g/mol. The molecule has 0 spiro atoms. The van der Waals surface area contributed by atoms with Gasteiger partial charge in [-0.2, -0.15) is 0 Å². The van der Waals surface area contributed by atoms with E-state index in [1.54, 1.807) is 0 Å². The summed E-state index contributed by atoms with van der Waals surface area (Å²) in [6.45, 7) is 6.78. The molecule has 0 bridgehead atoms. The first-order chi connectivity index (χ1) is 10.1. The van der Waals surface area contributed by atoms with E-state index in [4.69, 9.17) is 0 Å². The highest BCUT2D eigenvalue weighted by Gasteiger charge is 2.28. The van der Waals surface area contributed by atoms with Gasteiger partial charge in [0.05, 0.1) is 0 Å². The first-order valence-corrected chi connectivity index (χ1v) is 7.78. The summed E-state index contributed by atoms with van der Waals surface area (Å²) in [7, 11) is 0. The van der Waals surface area contributed by atoms with E-state index in [1.807, 2.05) is 0 Å². The van der Waals surface area contributed by atoms with Crippen LogP contribution in [-0.2, 0) is 5.41 Å². The van der Waals surface area contributed by atoms with Crippen LogP contribution in [0.15, 0.2) is 48.5 Å². The monoisotopic (exact) mass is 272 g/mol. The molecule has 104 valence electrons. The van der Waals surface area contributed by atoms with Crippen LogP contribution in [0.4, 0.5) is 0 Å². The van der Waals surface area contributed by atoms with Crippen molar-refractivity contribution in [3.63, 3.8) is 0 Å². The molecule has 0 heteroatoms. The Morgan fingerprint density at radius 2 is 1.67 bits per heavy atom. The lowest BCUT2D eigenvalue weighted by molar-refractivity contribution is 0.583. The fourth-order valence-electron chi connectivity index (χ4n) is 3.62. The van der Waals surface area contributed by atoms with E-state index < -0.39 is 0 Å². The number of aryl methyl sites for hydroxylation is 1. The molecule has 0 aromatic heterocycles. The second-order valence-corrected chi connectivity index (χ2v) is 6.52. The molecule has 0 amide bonds. The predicted octanol–water partition coefficient (Wildman–Crippen LogP) is 6.00. The number of hydrogen-bond donors (Lipinski definition) is 0. The normalized spacial score (nSPS) is 20.3. The summed E-state index contributed by atoms with van der Waals surface area (Å²) in [4.78, 5) is 0. The summed E-state index contributed by atoms with van der Waals surface area (Å²) in [5, 5.41) is 5.46. The number of allylic oxidation sites excluding steroid dienone is 1. The van der Waals surface area contributed by atoms with Gasteiger partial charge in [-0.25, -0.2) is 0 Å². The zero-order chi connectivity index (χ0) is 14.6. The zero-order valence-corrected chi connectivity index (χ0v) is 12.9. The number of benzene rings is 3. The van der Waals surface area contributed by atoms with Gasteiger partial charge in [0, 0.05) is 5.41 Å². The average Bonchev–Trinajstić information content (AvgIpc) is 2.85. The molecule has 0 aliphatic heterocycles. The molecule has 3 aromatic rings. The highest BCUT2D eigenvalue weighted by atomic mass is 14.3. The molecule has 0 unspecified atom stereocenters. The minimum Gasteiger partial charge on any atom is -0.0736 e. The van der Waals surface area contributed by atoms with Gasteiger partial charge in [-0.3, -0.25) is 0 Å². The first-order valence-electron chi connectivity index (χ1n) is 7.78. The lowest BCUT2D eigenvalue weighted by Gasteiger charge is -2.22. The summed E-state index contributed by atoms with van der Waals surface area (Å²) in [5.74, 6) is 0. The van der Waals surface area contributed by atoms with Crippen LogP contribution in [-0.4, -0.2) is 0 Å². The SMILES string of the molecule is CC[C@]1(C)C=Cc2c1ccc1c2ccc2ccc(C)cc21.